The monoisotopic (exact) mass is 379 g/mol. The van der Waals surface area contributed by atoms with Crippen molar-refractivity contribution >= 4 is 30.4 Å². The largest absolute Gasteiger partial charge is 0.368 e. The van der Waals surface area contributed by atoms with Gasteiger partial charge >= 0.3 is 0 Å². The molecule has 3 atom stereocenters. The molecule has 1 rings (SSSR count). The van der Waals surface area contributed by atoms with E-state index in [1.165, 1.54) is 6.92 Å². The van der Waals surface area contributed by atoms with E-state index in [-0.39, 0.29) is 11.8 Å². The van der Waals surface area contributed by atoms with Gasteiger partial charge in [-0.2, -0.15) is 12.6 Å². The van der Waals surface area contributed by atoms with Gasteiger partial charge in [0.1, 0.15) is 12.1 Å². The van der Waals surface area contributed by atoms with Gasteiger partial charge < -0.3 is 16.4 Å². The van der Waals surface area contributed by atoms with Crippen molar-refractivity contribution in [3.63, 3.8) is 0 Å². The van der Waals surface area contributed by atoms with E-state index in [0.29, 0.717) is 24.5 Å². The predicted molar refractivity (Wildman–Crippen MR) is 106 cm³/mol. The van der Waals surface area contributed by atoms with E-state index >= 15 is 0 Å². The molecule has 0 aliphatic rings. The average molecular weight is 380 g/mol. The summed E-state index contributed by atoms with van der Waals surface area (Å²) < 4.78 is 0. The first-order valence-electron chi connectivity index (χ1n) is 8.79. The summed E-state index contributed by atoms with van der Waals surface area (Å²) in [5, 5.41) is 5.37. The molecule has 3 amide bonds. The van der Waals surface area contributed by atoms with Crippen LogP contribution < -0.4 is 16.4 Å². The van der Waals surface area contributed by atoms with Gasteiger partial charge in [0.2, 0.25) is 17.7 Å². The number of thiol groups is 1. The van der Waals surface area contributed by atoms with Gasteiger partial charge in [0.25, 0.3) is 0 Å². The Morgan fingerprint density at radius 3 is 2.15 bits per heavy atom. The van der Waals surface area contributed by atoms with E-state index in [1.54, 1.807) is 0 Å². The van der Waals surface area contributed by atoms with E-state index < -0.39 is 23.9 Å². The van der Waals surface area contributed by atoms with Crippen LogP contribution in [0.25, 0.3) is 0 Å². The van der Waals surface area contributed by atoms with Gasteiger partial charge in [-0.3, -0.25) is 14.4 Å². The molecule has 144 valence electrons. The average Bonchev–Trinajstić information content (AvgIpc) is 2.59. The van der Waals surface area contributed by atoms with E-state index in [9.17, 15) is 14.4 Å². The van der Waals surface area contributed by atoms with Crippen molar-refractivity contribution in [2.45, 2.75) is 45.7 Å². The highest BCUT2D eigenvalue weighted by molar-refractivity contribution is 7.80. The minimum absolute atomic E-state index is 0.212. The van der Waals surface area contributed by atoms with Crippen molar-refractivity contribution in [2.75, 3.05) is 5.75 Å². The first-order valence-corrected chi connectivity index (χ1v) is 9.42. The topological polar surface area (TPSA) is 101 Å². The Kier molecular flexibility index (Phi) is 9.19. The van der Waals surface area contributed by atoms with Crippen LogP contribution in [0.4, 0.5) is 0 Å². The molecule has 0 bridgehead atoms. The number of rotatable bonds is 10. The first-order chi connectivity index (χ1) is 12.2. The minimum Gasteiger partial charge on any atom is -0.368 e. The summed E-state index contributed by atoms with van der Waals surface area (Å²) in [6, 6.07) is 7.78. The predicted octanol–water partition coefficient (Wildman–Crippen LogP) is 1.30. The fourth-order valence-electron chi connectivity index (χ4n) is 2.57. The van der Waals surface area contributed by atoms with Gasteiger partial charge in [0.05, 0.1) is 0 Å². The summed E-state index contributed by atoms with van der Waals surface area (Å²) >= 11 is 4.26. The minimum atomic E-state index is -0.811. The second-order valence-electron chi connectivity index (χ2n) is 6.89. The zero-order valence-corrected chi connectivity index (χ0v) is 16.5. The smallest absolute Gasteiger partial charge is 0.243 e. The number of benzene rings is 1. The number of nitrogens with two attached hydrogens (primary N) is 1. The summed E-state index contributed by atoms with van der Waals surface area (Å²) in [5.41, 5.74) is 6.12. The molecular formula is C19H29N3O3S. The number of hydrogen-bond donors (Lipinski definition) is 4. The summed E-state index contributed by atoms with van der Waals surface area (Å²) in [5.74, 6) is -0.808. The van der Waals surface area contributed by atoms with E-state index in [0.717, 1.165) is 5.56 Å². The van der Waals surface area contributed by atoms with Crippen molar-refractivity contribution in [3.8, 4) is 0 Å². The Labute approximate surface area is 160 Å². The van der Waals surface area contributed by atoms with Crippen LogP contribution in [0, 0.1) is 11.8 Å². The second-order valence-corrected chi connectivity index (χ2v) is 7.26. The zero-order chi connectivity index (χ0) is 19.7. The lowest BCUT2D eigenvalue weighted by Crippen LogP contribution is -2.53. The molecule has 0 radical (unpaired) electrons. The number of hydrogen-bond acceptors (Lipinski definition) is 4. The van der Waals surface area contributed by atoms with Gasteiger partial charge in [-0.25, -0.2) is 0 Å². The quantitative estimate of drug-likeness (QED) is 0.461. The Morgan fingerprint density at radius 2 is 1.65 bits per heavy atom. The molecule has 26 heavy (non-hydrogen) atoms. The highest BCUT2D eigenvalue weighted by atomic mass is 32.1. The summed E-state index contributed by atoms with van der Waals surface area (Å²) in [6.07, 6.45) is 1.01. The Balaban J connectivity index is 2.90. The van der Waals surface area contributed by atoms with E-state index in [1.807, 2.05) is 44.2 Å². The van der Waals surface area contributed by atoms with Gasteiger partial charge in [0, 0.05) is 18.1 Å². The molecule has 7 heteroatoms. The summed E-state index contributed by atoms with van der Waals surface area (Å²) in [7, 11) is 0. The van der Waals surface area contributed by atoms with Gasteiger partial charge in [0.15, 0.2) is 0 Å². The molecule has 0 fully saturated rings. The van der Waals surface area contributed by atoms with Crippen LogP contribution in [-0.2, 0) is 20.8 Å². The highest BCUT2D eigenvalue weighted by Crippen LogP contribution is 2.14. The Bertz CT molecular complexity index is 607. The van der Waals surface area contributed by atoms with E-state index in [4.69, 9.17) is 5.73 Å². The zero-order valence-electron chi connectivity index (χ0n) is 15.6. The third kappa shape index (κ3) is 7.47. The molecule has 0 aliphatic heterocycles. The molecule has 0 heterocycles. The van der Waals surface area contributed by atoms with Crippen molar-refractivity contribution in [1.82, 2.24) is 10.6 Å². The van der Waals surface area contributed by atoms with Crippen LogP contribution in [0.5, 0.6) is 0 Å². The van der Waals surface area contributed by atoms with Crippen molar-refractivity contribution in [3.05, 3.63) is 35.9 Å². The fourth-order valence-corrected chi connectivity index (χ4v) is 2.88. The Morgan fingerprint density at radius 1 is 1.04 bits per heavy atom. The third-order valence-corrected chi connectivity index (χ3v) is 4.49. The normalized spacial score (nSPS) is 14.3. The molecule has 0 unspecified atom stereocenters. The lowest BCUT2D eigenvalue weighted by Gasteiger charge is -2.23. The summed E-state index contributed by atoms with van der Waals surface area (Å²) in [4.78, 5) is 36.4. The third-order valence-electron chi connectivity index (χ3n) is 4.05. The van der Waals surface area contributed by atoms with Crippen molar-refractivity contribution in [1.29, 1.82) is 0 Å². The van der Waals surface area contributed by atoms with Crippen LogP contribution in [0.1, 0.15) is 32.8 Å². The SMILES string of the molecule is CC(C)C[C@H](CS)C(=O)N[C@@H](Cc1ccccc1)C(=O)N[C@@H](C)C(N)=O. The molecule has 6 nitrogen and oxygen atoms in total. The maximum atomic E-state index is 12.6. The molecule has 1 aromatic rings. The van der Waals surface area contributed by atoms with Crippen LogP contribution in [0.15, 0.2) is 30.3 Å². The molecule has 0 saturated carbocycles. The number of carbonyl (C=O) groups is 3. The van der Waals surface area contributed by atoms with Crippen molar-refractivity contribution < 1.29 is 14.4 Å². The molecule has 0 saturated heterocycles. The maximum absolute atomic E-state index is 12.6. The number of nitrogens with one attached hydrogen (secondary N) is 2. The van der Waals surface area contributed by atoms with Crippen LogP contribution >= 0.6 is 12.6 Å². The maximum Gasteiger partial charge on any atom is 0.243 e. The molecule has 0 aromatic heterocycles. The van der Waals surface area contributed by atoms with Gasteiger partial charge in [-0.1, -0.05) is 44.2 Å². The standard InChI is InChI=1S/C19H29N3O3S/c1-12(2)9-15(11-26)18(24)22-16(10-14-7-5-4-6-8-14)19(25)21-13(3)17(20)23/h4-8,12-13,15-16,26H,9-11H2,1-3H3,(H2,20,23)(H,21,25)(H,22,24)/t13-,15+,16-/m0/s1. The highest BCUT2D eigenvalue weighted by Gasteiger charge is 2.27. The second kappa shape index (κ2) is 10.9. The van der Waals surface area contributed by atoms with Crippen LogP contribution in [0.3, 0.4) is 0 Å². The molecule has 4 N–H and O–H groups in total. The summed E-state index contributed by atoms with van der Waals surface area (Å²) in [6.45, 7) is 5.58. The van der Waals surface area contributed by atoms with Crippen LogP contribution in [0.2, 0.25) is 0 Å². The molecule has 1 aromatic carbocycles. The van der Waals surface area contributed by atoms with Gasteiger partial charge in [-0.05, 0) is 24.8 Å². The molecule has 0 aliphatic carbocycles. The lowest BCUT2D eigenvalue weighted by molar-refractivity contribution is -0.132. The lowest BCUT2D eigenvalue weighted by atomic mass is 9.97. The number of amides is 3. The van der Waals surface area contributed by atoms with E-state index in [2.05, 4.69) is 23.3 Å². The molecular weight excluding hydrogens is 350 g/mol. The van der Waals surface area contributed by atoms with Crippen LogP contribution in [-0.4, -0.2) is 35.6 Å². The Hall–Kier alpha value is -2.02. The van der Waals surface area contributed by atoms with Crippen molar-refractivity contribution in [2.24, 2.45) is 17.6 Å². The number of primary amides is 1. The molecule has 0 spiro atoms. The fraction of sp³-hybridized carbons (Fsp3) is 0.526. The first kappa shape index (κ1) is 22.0. The number of carbonyl (C=O) groups excluding carboxylic acids is 3. The van der Waals surface area contributed by atoms with Gasteiger partial charge in [-0.15, -0.1) is 0 Å².